The van der Waals surface area contributed by atoms with E-state index in [0.29, 0.717) is 45.8 Å². The molecule has 0 aliphatic heterocycles. The third-order valence-corrected chi connectivity index (χ3v) is 5.26. The van der Waals surface area contributed by atoms with Crippen LogP contribution in [0.2, 0.25) is 0 Å². The maximum absolute atomic E-state index is 13.1. The number of carbonyl (C=O) groups is 3. The molecule has 9 heteroatoms. The summed E-state index contributed by atoms with van der Waals surface area (Å²) in [6, 6.07) is 18.5. The molecule has 0 aliphatic carbocycles. The van der Waals surface area contributed by atoms with Gasteiger partial charge >= 0.3 is 5.97 Å². The number of hydrogen-bond donors (Lipinski definition) is 3. The lowest BCUT2D eigenvalue weighted by molar-refractivity contribution is 0.00648. The van der Waals surface area contributed by atoms with Crippen LogP contribution >= 0.6 is 0 Å². The fourth-order valence-electron chi connectivity index (χ4n) is 3.63. The molecule has 0 saturated heterocycles. The molecule has 3 aromatic carbocycles. The minimum atomic E-state index is -0.647. The number of fused-ring (bicyclic) bond motifs is 1. The Morgan fingerprint density at radius 3 is 2.35 bits per heavy atom. The van der Waals surface area contributed by atoms with Crippen LogP contribution in [-0.2, 0) is 4.74 Å². The summed E-state index contributed by atoms with van der Waals surface area (Å²) in [5, 5.41) is 13.1. The van der Waals surface area contributed by atoms with E-state index in [0.717, 1.165) is 0 Å². The summed E-state index contributed by atoms with van der Waals surface area (Å²) in [6.07, 6.45) is 0. The first-order valence-electron chi connectivity index (χ1n) is 11.8. The van der Waals surface area contributed by atoms with Gasteiger partial charge in [0.1, 0.15) is 11.4 Å². The molecule has 9 nitrogen and oxygen atoms in total. The first-order valence-corrected chi connectivity index (χ1v) is 11.8. The zero-order valence-corrected chi connectivity index (χ0v) is 21.0. The number of aromatic amines is 1. The van der Waals surface area contributed by atoms with Gasteiger partial charge in [-0.05, 0) is 82.3 Å². The molecule has 4 aromatic rings. The third-order valence-electron chi connectivity index (χ3n) is 5.26. The molecule has 0 fully saturated rings. The molecule has 4 rings (SSSR count). The SMILES string of the molecule is CCOc1ccc(C(=O)Nc2ccccc2C(=O)Nc2ccc3c(C(=O)OC(C)(C)C)n[nH]c3c2)cc1. The van der Waals surface area contributed by atoms with E-state index in [9.17, 15) is 14.4 Å². The summed E-state index contributed by atoms with van der Waals surface area (Å²) in [5.41, 5.74) is 1.68. The van der Waals surface area contributed by atoms with Crippen LogP contribution in [0.4, 0.5) is 11.4 Å². The molecule has 0 aliphatic rings. The van der Waals surface area contributed by atoms with Crippen LogP contribution in [0, 0.1) is 0 Å². The largest absolute Gasteiger partial charge is 0.494 e. The van der Waals surface area contributed by atoms with Crippen LogP contribution in [0.1, 0.15) is 58.9 Å². The Balaban J connectivity index is 1.49. The first-order chi connectivity index (χ1) is 17.6. The zero-order chi connectivity index (χ0) is 26.6. The quantitative estimate of drug-likeness (QED) is 0.291. The average Bonchev–Trinajstić information content (AvgIpc) is 3.27. The second-order valence-electron chi connectivity index (χ2n) is 9.25. The molecule has 0 atom stereocenters. The second-order valence-corrected chi connectivity index (χ2v) is 9.25. The van der Waals surface area contributed by atoms with Crippen LogP contribution in [0.25, 0.3) is 10.9 Å². The molecular formula is C28H28N4O5. The normalized spacial score (nSPS) is 11.1. The van der Waals surface area contributed by atoms with Crippen LogP contribution in [-0.4, -0.2) is 40.2 Å². The molecule has 190 valence electrons. The van der Waals surface area contributed by atoms with Crippen molar-refractivity contribution >= 4 is 40.1 Å². The van der Waals surface area contributed by atoms with Crippen LogP contribution in [0.15, 0.2) is 66.7 Å². The van der Waals surface area contributed by atoms with Crippen molar-refractivity contribution < 1.29 is 23.9 Å². The minimum absolute atomic E-state index is 0.171. The number of ether oxygens (including phenoxy) is 2. The highest BCUT2D eigenvalue weighted by Gasteiger charge is 2.22. The lowest BCUT2D eigenvalue weighted by atomic mass is 10.1. The van der Waals surface area contributed by atoms with E-state index in [2.05, 4.69) is 20.8 Å². The number of rotatable bonds is 7. The lowest BCUT2D eigenvalue weighted by Crippen LogP contribution is -2.24. The van der Waals surface area contributed by atoms with E-state index < -0.39 is 17.5 Å². The molecule has 2 amide bonds. The number of benzene rings is 3. The number of aromatic nitrogens is 2. The third kappa shape index (κ3) is 6.13. The summed E-state index contributed by atoms with van der Waals surface area (Å²) < 4.78 is 10.8. The van der Waals surface area contributed by atoms with Gasteiger partial charge in [0, 0.05) is 16.6 Å². The van der Waals surface area contributed by atoms with Crippen molar-refractivity contribution in [2.45, 2.75) is 33.3 Å². The molecule has 0 unspecified atom stereocenters. The van der Waals surface area contributed by atoms with Crippen molar-refractivity contribution in [2.75, 3.05) is 17.2 Å². The average molecular weight is 501 g/mol. The van der Waals surface area contributed by atoms with Gasteiger partial charge in [-0.3, -0.25) is 14.7 Å². The molecule has 3 N–H and O–H groups in total. The fourth-order valence-corrected chi connectivity index (χ4v) is 3.63. The maximum atomic E-state index is 13.1. The molecular weight excluding hydrogens is 472 g/mol. The zero-order valence-electron chi connectivity index (χ0n) is 21.0. The Hall–Kier alpha value is -4.66. The van der Waals surface area contributed by atoms with Gasteiger partial charge in [-0.1, -0.05) is 12.1 Å². The second kappa shape index (κ2) is 10.5. The highest BCUT2D eigenvalue weighted by atomic mass is 16.6. The molecule has 1 heterocycles. The van der Waals surface area contributed by atoms with Crippen molar-refractivity contribution in [3.8, 4) is 5.75 Å². The monoisotopic (exact) mass is 500 g/mol. The first kappa shape index (κ1) is 25.4. The van der Waals surface area contributed by atoms with E-state index in [1.807, 2.05) is 6.92 Å². The fraction of sp³-hybridized carbons (Fsp3) is 0.214. The standard InChI is InChI=1S/C28H28N4O5/c1-5-36-19-13-10-17(11-14-19)25(33)30-22-9-7-6-8-21(22)26(34)29-18-12-15-20-23(16-18)31-32-24(20)27(35)37-28(2,3)4/h6-16H,5H2,1-4H3,(H,29,34)(H,30,33)(H,31,32). The predicted octanol–water partition coefficient (Wildman–Crippen LogP) is 5.42. The number of para-hydroxylation sites is 1. The van der Waals surface area contributed by atoms with Gasteiger partial charge in [0.15, 0.2) is 5.69 Å². The Kier molecular flexibility index (Phi) is 7.24. The van der Waals surface area contributed by atoms with Gasteiger partial charge in [0.25, 0.3) is 11.8 Å². The van der Waals surface area contributed by atoms with Crippen molar-refractivity contribution in [1.29, 1.82) is 0 Å². The summed E-state index contributed by atoms with van der Waals surface area (Å²) in [7, 11) is 0. The van der Waals surface area contributed by atoms with Crippen LogP contribution < -0.4 is 15.4 Å². The van der Waals surface area contributed by atoms with Crippen LogP contribution in [0.3, 0.4) is 0 Å². The van der Waals surface area contributed by atoms with Gasteiger partial charge in [-0.25, -0.2) is 4.79 Å². The smallest absolute Gasteiger partial charge is 0.360 e. The minimum Gasteiger partial charge on any atom is -0.494 e. The van der Waals surface area contributed by atoms with E-state index in [4.69, 9.17) is 9.47 Å². The van der Waals surface area contributed by atoms with Crippen molar-refractivity contribution in [3.05, 3.63) is 83.6 Å². The predicted molar refractivity (Wildman–Crippen MR) is 141 cm³/mol. The number of hydrogen-bond acceptors (Lipinski definition) is 6. The maximum Gasteiger partial charge on any atom is 0.360 e. The van der Waals surface area contributed by atoms with Crippen molar-refractivity contribution in [3.63, 3.8) is 0 Å². The summed E-state index contributed by atoms with van der Waals surface area (Å²) >= 11 is 0. The van der Waals surface area contributed by atoms with E-state index in [-0.39, 0.29) is 11.6 Å². The van der Waals surface area contributed by atoms with E-state index in [1.54, 1.807) is 87.5 Å². The highest BCUT2D eigenvalue weighted by molar-refractivity contribution is 6.13. The van der Waals surface area contributed by atoms with Gasteiger partial charge in [-0.15, -0.1) is 0 Å². The van der Waals surface area contributed by atoms with Crippen molar-refractivity contribution in [2.24, 2.45) is 0 Å². The number of esters is 1. The molecule has 1 aromatic heterocycles. The number of nitrogens with zero attached hydrogens (tertiary/aromatic N) is 1. The highest BCUT2D eigenvalue weighted by Crippen LogP contribution is 2.24. The summed E-state index contributed by atoms with van der Waals surface area (Å²) in [5.74, 6) is -0.621. The molecule has 37 heavy (non-hydrogen) atoms. The van der Waals surface area contributed by atoms with Gasteiger partial charge in [0.2, 0.25) is 0 Å². The summed E-state index contributed by atoms with van der Waals surface area (Å²) in [4.78, 5) is 38.3. The number of H-pyrrole nitrogens is 1. The molecule has 0 spiro atoms. The number of anilines is 2. The van der Waals surface area contributed by atoms with Gasteiger partial charge in [-0.2, -0.15) is 5.10 Å². The van der Waals surface area contributed by atoms with E-state index in [1.165, 1.54) is 0 Å². The Morgan fingerprint density at radius 1 is 0.919 bits per heavy atom. The Bertz CT molecular complexity index is 1450. The molecule has 0 bridgehead atoms. The number of nitrogens with one attached hydrogen (secondary N) is 3. The van der Waals surface area contributed by atoms with E-state index >= 15 is 0 Å². The molecule has 0 radical (unpaired) electrons. The number of amides is 2. The number of carbonyl (C=O) groups excluding carboxylic acids is 3. The lowest BCUT2D eigenvalue weighted by Gasteiger charge is -2.18. The van der Waals surface area contributed by atoms with Gasteiger partial charge in [0.05, 0.1) is 23.4 Å². The topological polar surface area (TPSA) is 122 Å². The van der Waals surface area contributed by atoms with Crippen LogP contribution in [0.5, 0.6) is 5.75 Å². The Morgan fingerprint density at radius 2 is 1.65 bits per heavy atom. The van der Waals surface area contributed by atoms with Crippen molar-refractivity contribution in [1.82, 2.24) is 10.2 Å². The Labute approximate surface area is 214 Å². The van der Waals surface area contributed by atoms with Gasteiger partial charge < -0.3 is 20.1 Å². The summed E-state index contributed by atoms with van der Waals surface area (Å²) in [6.45, 7) is 7.77. The molecule has 0 saturated carbocycles.